The second-order valence-corrected chi connectivity index (χ2v) is 3.60. The number of nitrogens with two attached hydrogens (primary N) is 1. The van der Waals surface area contributed by atoms with Gasteiger partial charge in [-0.05, 0) is 23.5 Å². The van der Waals surface area contributed by atoms with Crippen molar-refractivity contribution < 1.29 is 24.7 Å². The van der Waals surface area contributed by atoms with Crippen molar-refractivity contribution in [2.45, 2.75) is 12.5 Å². The summed E-state index contributed by atoms with van der Waals surface area (Å²) in [5.74, 6) is -1.14. The molecule has 0 bridgehead atoms. The quantitative estimate of drug-likeness (QED) is 0.351. The molecule has 0 aliphatic heterocycles. The van der Waals surface area contributed by atoms with E-state index in [1.807, 2.05) is 0 Å². The minimum atomic E-state index is -1.74. The molecule has 0 spiro atoms. The topological polar surface area (TPSA) is 121 Å². The summed E-state index contributed by atoms with van der Waals surface area (Å²) in [5.41, 5.74) is 6.08. The molecule has 0 radical (unpaired) electrons. The Morgan fingerprint density at radius 2 is 2.12 bits per heavy atom. The Balaban J connectivity index is 2.97. The number of carboxylic acids is 1. The summed E-state index contributed by atoms with van der Waals surface area (Å²) in [5, 5.41) is 26.6. The lowest BCUT2D eigenvalue weighted by molar-refractivity contribution is -0.138. The van der Waals surface area contributed by atoms with Crippen molar-refractivity contribution in [1.29, 1.82) is 0 Å². The van der Waals surface area contributed by atoms with E-state index in [1.54, 1.807) is 0 Å². The van der Waals surface area contributed by atoms with E-state index in [0.717, 1.165) is 0 Å². The van der Waals surface area contributed by atoms with E-state index < -0.39 is 19.1 Å². The van der Waals surface area contributed by atoms with Crippen molar-refractivity contribution in [3.05, 3.63) is 29.3 Å². The summed E-state index contributed by atoms with van der Waals surface area (Å²) in [6.07, 6.45) is 0.544. The largest absolute Gasteiger partial charge is 0.489 e. The lowest BCUT2D eigenvalue weighted by atomic mass is 9.76. The van der Waals surface area contributed by atoms with E-state index in [-0.39, 0.29) is 17.4 Å². The SMILES string of the molecule is N[C@@H](Cc1ccc(B(O)O)c(C=O)c1)C(=O)O. The fourth-order valence-corrected chi connectivity index (χ4v) is 1.43. The monoisotopic (exact) mass is 237 g/mol. The van der Waals surface area contributed by atoms with Crippen molar-refractivity contribution in [2.24, 2.45) is 5.73 Å². The van der Waals surface area contributed by atoms with E-state index >= 15 is 0 Å². The van der Waals surface area contributed by atoms with Gasteiger partial charge in [-0.15, -0.1) is 0 Å². The molecule has 5 N–H and O–H groups in total. The van der Waals surface area contributed by atoms with Gasteiger partial charge in [0.1, 0.15) is 12.3 Å². The number of carbonyl (C=O) groups excluding carboxylic acids is 1. The Kier molecular flexibility index (Phi) is 4.39. The molecule has 7 heteroatoms. The first-order valence-electron chi connectivity index (χ1n) is 4.88. The van der Waals surface area contributed by atoms with Crippen LogP contribution in [0.15, 0.2) is 18.2 Å². The molecule has 17 heavy (non-hydrogen) atoms. The van der Waals surface area contributed by atoms with Crippen LogP contribution in [-0.2, 0) is 11.2 Å². The summed E-state index contributed by atoms with van der Waals surface area (Å²) in [6, 6.07) is 3.20. The molecule has 0 amide bonds. The lowest BCUT2D eigenvalue weighted by Crippen LogP contribution is -2.34. The molecule has 90 valence electrons. The number of aliphatic carboxylic acids is 1. The van der Waals surface area contributed by atoms with Crippen LogP contribution in [0.5, 0.6) is 0 Å². The number of benzene rings is 1. The number of rotatable bonds is 5. The van der Waals surface area contributed by atoms with E-state index in [9.17, 15) is 9.59 Å². The average molecular weight is 237 g/mol. The van der Waals surface area contributed by atoms with Crippen LogP contribution < -0.4 is 11.2 Å². The van der Waals surface area contributed by atoms with Crippen LogP contribution in [0.3, 0.4) is 0 Å². The highest BCUT2D eigenvalue weighted by Crippen LogP contribution is 2.05. The highest BCUT2D eigenvalue weighted by atomic mass is 16.4. The highest BCUT2D eigenvalue weighted by molar-refractivity contribution is 6.60. The molecule has 0 aliphatic rings. The first-order chi connectivity index (χ1) is 7.95. The number of hydrogen-bond donors (Lipinski definition) is 4. The minimum absolute atomic E-state index is 0.0674. The molecule has 0 saturated heterocycles. The Labute approximate surface area is 97.8 Å². The molecule has 1 rings (SSSR count). The fourth-order valence-electron chi connectivity index (χ4n) is 1.43. The lowest BCUT2D eigenvalue weighted by Gasteiger charge is -2.09. The van der Waals surface area contributed by atoms with Crippen LogP contribution in [0.1, 0.15) is 15.9 Å². The van der Waals surface area contributed by atoms with Crippen molar-refractivity contribution >= 4 is 24.8 Å². The molecule has 6 nitrogen and oxygen atoms in total. The van der Waals surface area contributed by atoms with Gasteiger partial charge in [0, 0.05) is 5.56 Å². The third kappa shape index (κ3) is 3.38. The van der Waals surface area contributed by atoms with Crippen molar-refractivity contribution in [2.75, 3.05) is 0 Å². The van der Waals surface area contributed by atoms with Crippen LogP contribution in [-0.4, -0.2) is 40.6 Å². The van der Waals surface area contributed by atoms with Gasteiger partial charge in [-0.3, -0.25) is 9.59 Å². The summed E-state index contributed by atoms with van der Waals surface area (Å²) in [4.78, 5) is 21.3. The van der Waals surface area contributed by atoms with Gasteiger partial charge in [-0.2, -0.15) is 0 Å². The van der Waals surface area contributed by atoms with Gasteiger partial charge in [-0.25, -0.2) is 0 Å². The molecular formula is C10H12BNO5. The Morgan fingerprint density at radius 1 is 1.47 bits per heavy atom. The summed E-state index contributed by atoms with van der Waals surface area (Å²) < 4.78 is 0. The first kappa shape index (κ1) is 13.4. The Hall–Kier alpha value is -1.70. The fraction of sp³-hybridized carbons (Fsp3) is 0.200. The van der Waals surface area contributed by atoms with E-state index in [2.05, 4.69) is 0 Å². The number of hydrogen-bond acceptors (Lipinski definition) is 5. The van der Waals surface area contributed by atoms with Gasteiger partial charge >= 0.3 is 13.1 Å². The highest BCUT2D eigenvalue weighted by Gasteiger charge is 2.17. The minimum Gasteiger partial charge on any atom is -0.480 e. The molecule has 1 aromatic rings. The predicted molar refractivity (Wildman–Crippen MR) is 61.0 cm³/mol. The normalized spacial score (nSPS) is 11.9. The van der Waals surface area contributed by atoms with Crippen molar-refractivity contribution in [3.8, 4) is 0 Å². The smallest absolute Gasteiger partial charge is 0.480 e. The predicted octanol–water partition coefficient (Wildman–Crippen LogP) is -1.87. The van der Waals surface area contributed by atoms with Gasteiger partial charge < -0.3 is 20.9 Å². The second-order valence-electron chi connectivity index (χ2n) is 3.60. The average Bonchev–Trinajstić information content (AvgIpc) is 2.28. The Bertz CT molecular complexity index is 435. The molecule has 0 saturated carbocycles. The maximum Gasteiger partial charge on any atom is 0.489 e. The molecular weight excluding hydrogens is 225 g/mol. The maximum atomic E-state index is 10.7. The zero-order valence-electron chi connectivity index (χ0n) is 8.91. The van der Waals surface area contributed by atoms with Gasteiger partial charge in [0.2, 0.25) is 0 Å². The summed E-state index contributed by atoms with van der Waals surface area (Å²) in [6.45, 7) is 0. The van der Waals surface area contributed by atoms with E-state index in [1.165, 1.54) is 18.2 Å². The van der Waals surface area contributed by atoms with Gasteiger partial charge in [-0.1, -0.05) is 12.1 Å². The Morgan fingerprint density at radius 3 is 2.59 bits per heavy atom. The van der Waals surface area contributed by atoms with Gasteiger partial charge in [0.05, 0.1) is 0 Å². The van der Waals surface area contributed by atoms with Gasteiger partial charge in [0.25, 0.3) is 0 Å². The second kappa shape index (κ2) is 5.58. The molecule has 1 atom stereocenters. The van der Waals surface area contributed by atoms with E-state index in [4.69, 9.17) is 20.9 Å². The van der Waals surface area contributed by atoms with Crippen molar-refractivity contribution in [1.82, 2.24) is 0 Å². The third-order valence-corrected chi connectivity index (χ3v) is 2.33. The molecule has 0 unspecified atom stereocenters. The maximum absolute atomic E-state index is 10.7. The van der Waals surface area contributed by atoms with Crippen LogP contribution in [0, 0.1) is 0 Å². The molecule has 0 fully saturated rings. The number of carboxylic acid groups (broad SMARTS) is 1. The third-order valence-electron chi connectivity index (χ3n) is 2.33. The molecule has 0 heterocycles. The standard InChI is InChI=1S/C10H12BNO5/c12-9(10(14)15)4-6-1-2-8(11(16)17)7(3-6)5-13/h1-3,5,9,16-17H,4,12H2,(H,14,15)/t9-/m0/s1. The van der Waals surface area contributed by atoms with Crippen LogP contribution in [0.2, 0.25) is 0 Å². The summed E-state index contributed by atoms with van der Waals surface area (Å²) in [7, 11) is -1.74. The zero-order chi connectivity index (χ0) is 13.0. The van der Waals surface area contributed by atoms with Crippen LogP contribution in [0.25, 0.3) is 0 Å². The first-order valence-corrected chi connectivity index (χ1v) is 4.88. The molecule has 0 aromatic heterocycles. The zero-order valence-corrected chi connectivity index (χ0v) is 8.91. The van der Waals surface area contributed by atoms with Gasteiger partial charge in [0.15, 0.2) is 0 Å². The number of carbonyl (C=O) groups is 2. The van der Waals surface area contributed by atoms with Crippen LogP contribution >= 0.6 is 0 Å². The molecule has 1 aromatic carbocycles. The molecule has 0 aliphatic carbocycles. The van der Waals surface area contributed by atoms with Crippen LogP contribution in [0.4, 0.5) is 0 Å². The summed E-state index contributed by atoms with van der Waals surface area (Å²) >= 11 is 0. The number of aldehydes is 1. The van der Waals surface area contributed by atoms with E-state index in [0.29, 0.717) is 11.8 Å². The van der Waals surface area contributed by atoms with Crippen molar-refractivity contribution in [3.63, 3.8) is 0 Å².